The normalized spacial score (nSPS) is 10.0. The largest absolute Gasteiger partial charge is 0.126 e. The van der Waals surface area contributed by atoms with Crippen molar-refractivity contribution in [1.82, 2.24) is 0 Å². The molecule has 0 unspecified atom stereocenters. The molecule has 0 spiro atoms. The minimum atomic E-state index is 0.576. The van der Waals surface area contributed by atoms with E-state index in [2.05, 4.69) is 6.07 Å². The van der Waals surface area contributed by atoms with Gasteiger partial charge < -0.3 is 0 Å². The zero-order valence-corrected chi connectivity index (χ0v) is 7.70. The zero-order valence-electron chi connectivity index (χ0n) is 6.19. The zero-order chi connectivity index (χ0) is 8.10. The van der Waals surface area contributed by atoms with Crippen LogP contribution in [0, 0.1) is 0 Å². The Kier molecular flexibility index (Phi) is 3.74. The molecule has 1 rings (SSSR count). The maximum absolute atomic E-state index is 5.72. The van der Waals surface area contributed by atoms with Gasteiger partial charge in [0.15, 0.2) is 0 Å². The summed E-state index contributed by atoms with van der Waals surface area (Å²) in [6, 6.07) is 8.11. The summed E-state index contributed by atoms with van der Waals surface area (Å²) in [7, 11) is 0. The van der Waals surface area contributed by atoms with E-state index in [1.54, 1.807) is 0 Å². The fourth-order valence-corrected chi connectivity index (χ4v) is 1.50. The average Bonchev–Trinajstić information content (AvgIpc) is 2.06. The lowest BCUT2D eigenvalue weighted by Crippen LogP contribution is -1.91. The molecule has 0 amide bonds. The Labute approximate surface area is 77.1 Å². The molecule has 0 atom stereocenters. The van der Waals surface area contributed by atoms with Crippen LogP contribution in [0.15, 0.2) is 24.3 Å². The van der Waals surface area contributed by atoms with E-state index in [0.29, 0.717) is 11.8 Å². The number of hydrogen-bond acceptors (Lipinski definition) is 0. The van der Waals surface area contributed by atoms with Gasteiger partial charge in [-0.15, -0.1) is 23.2 Å². The summed E-state index contributed by atoms with van der Waals surface area (Å²) in [6.07, 6.45) is 0.907. The number of hydrogen-bond donors (Lipinski definition) is 0. The van der Waals surface area contributed by atoms with Gasteiger partial charge in [-0.2, -0.15) is 0 Å². The second-order valence-corrected chi connectivity index (χ2v) is 2.99. The first-order valence-electron chi connectivity index (χ1n) is 3.57. The standard InChI is InChI=1S/C9H10Cl2/c10-6-5-8-3-1-2-4-9(8)7-11/h1-4H,5-7H2. The van der Waals surface area contributed by atoms with E-state index in [1.807, 2.05) is 18.2 Å². The second-order valence-electron chi connectivity index (χ2n) is 2.34. The summed E-state index contributed by atoms with van der Waals surface area (Å²) >= 11 is 11.3. The van der Waals surface area contributed by atoms with Gasteiger partial charge in [-0.05, 0) is 17.5 Å². The SMILES string of the molecule is ClCCc1ccccc1CCl. The number of benzene rings is 1. The van der Waals surface area contributed by atoms with Gasteiger partial charge >= 0.3 is 0 Å². The highest BCUT2D eigenvalue weighted by Gasteiger charge is 1.97. The molecule has 0 nitrogen and oxygen atoms in total. The van der Waals surface area contributed by atoms with Crippen LogP contribution in [0.3, 0.4) is 0 Å². The first-order chi connectivity index (χ1) is 5.38. The maximum Gasteiger partial charge on any atom is 0.0476 e. The highest BCUT2D eigenvalue weighted by Crippen LogP contribution is 2.12. The van der Waals surface area contributed by atoms with E-state index in [4.69, 9.17) is 23.2 Å². The van der Waals surface area contributed by atoms with Crippen molar-refractivity contribution < 1.29 is 0 Å². The molecule has 0 N–H and O–H groups in total. The smallest absolute Gasteiger partial charge is 0.0476 e. The molecule has 1 aromatic carbocycles. The number of aryl methyl sites for hydroxylation is 1. The van der Waals surface area contributed by atoms with Crippen molar-refractivity contribution in [3.8, 4) is 0 Å². The van der Waals surface area contributed by atoms with Gasteiger partial charge in [0.1, 0.15) is 0 Å². The molecule has 0 fully saturated rings. The molecule has 2 heteroatoms. The Morgan fingerprint density at radius 3 is 2.18 bits per heavy atom. The topological polar surface area (TPSA) is 0 Å². The number of rotatable bonds is 3. The van der Waals surface area contributed by atoms with E-state index in [9.17, 15) is 0 Å². The van der Waals surface area contributed by atoms with Crippen LogP contribution in [0.5, 0.6) is 0 Å². The Balaban J connectivity index is 2.83. The average molecular weight is 189 g/mol. The molecular formula is C9H10Cl2. The molecular weight excluding hydrogens is 179 g/mol. The molecule has 0 radical (unpaired) electrons. The lowest BCUT2D eigenvalue weighted by molar-refractivity contribution is 1.11. The number of alkyl halides is 2. The van der Waals surface area contributed by atoms with E-state index >= 15 is 0 Å². The monoisotopic (exact) mass is 188 g/mol. The fraction of sp³-hybridized carbons (Fsp3) is 0.333. The van der Waals surface area contributed by atoms with Crippen molar-refractivity contribution in [2.24, 2.45) is 0 Å². The summed E-state index contributed by atoms with van der Waals surface area (Å²) in [6.45, 7) is 0. The Morgan fingerprint density at radius 1 is 1.00 bits per heavy atom. The predicted octanol–water partition coefficient (Wildman–Crippen LogP) is 3.21. The molecule has 0 aliphatic heterocycles. The van der Waals surface area contributed by atoms with Crippen LogP contribution in [0.1, 0.15) is 11.1 Å². The molecule has 0 saturated heterocycles. The molecule has 0 aliphatic carbocycles. The molecule has 0 aromatic heterocycles. The van der Waals surface area contributed by atoms with Crippen LogP contribution < -0.4 is 0 Å². The van der Waals surface area contributed by atoms with Crippen LogP contribution in [-0.4, -0.2) is 5.88 Å². The summed E-state index contributed by atoms with van der Waals surface area (Å²) in [5, 5.41) is 0. The molecule has 0 bridgehead atoms. The first kappa shape index (κ1) is 8.89. The molecule has 60 valence electrons. The van der Waals surface area contributed by atoms with Crippen LogP contribution in [0.25, 0.3) is 0 Å². The summed E-state index contributed by atoms with van der Waals surface area (Å²) in [5.74, 6) is 1.24. The highest BCUT2D eigenvalue weighted by molar-refractivity contribution is 6.18. The second kappa shape index (κ2) is 4.63. The molecule has 0 saturated carbocycles. The van der Waals surface area contributed by atoms with Gasteiger partial charge in [-0.1, -0.05) is 24.3 Å². The minimum absolute atomic E-state index is 0.576. The first-order valence-corrected chi connectivity index (χ1v) is 4.64. The van der Waals surface area contributed by atoms with Crippen molar-refractivity contribution in [2.45, 2.75) is 12.3 Å². The Morgan fingerprint density at radius 2 is 1.64 bits per heavy atom. The third kappa shape index (κ3) is 2.39. The van der Waals surface area contributed by atoms with Gasteiger partial charge in [0.25, 0.3) is 0 Å². The third-order valence-corrected chi connectivity index (χ3v) is 2.10. The van der Waals surface area contributed by atoms with E-state index < -0.39 is 0 Å². The van der Waals surface area contributed by atoms with E-state index in [-0.39, 0.29) is 0 Å². The third-order valence-electron chi connectivity index (χ3n) is 1.63. The van der Waals surface area contributed by atoms with Crippen molar-refractivity contribution >= 4 is 23.2 Å². The van der Waals surface area contributed by atoms with Crippen LogP contribution in [0.4, 0.5) is 0 Å². The molecule has 11 heavy (non-hydrogen) atoms. The lowest BCUT2D eigenvalue weighted by Gasteiger charge is -2.02. The lowest BCUT2D eigenvalue weighted by atomic mass is 10.1. The van der Waals surface area contributed by atoms with Gasteiger partial charge in [0.05, 0.1) is 0 Å². The summed E-state index contributed by atoms with van der Waals surface area (Å²) < 4.78 is 0. The fourth-order valence-electron chi connectivity index (χ4n) is 1.03. The quantitative estimate of drug-likeness (QED) is 0.640. The molecule has 1 aromatic rings. The van der Waals surface area contributed by atoms with Crippen molar-refractivity contribution in [2.75, 3.05) is 5.88 Å². The summed E-state index contributed by atoms with van der Waals surface area (Å²) in [5.41, 5.74) is 2.45. The highest BCUT2D eigenvalue weighted by atomic mass is 35.5. The van der Waals surface area contributed by atoms with Gasteiger partial charge in [0, 0.05) is 11.8 Å². The Hall–Kier alpha value is -0.200. The van der Waals surface area contributed by atoms with E-state index in [0.717, 1.165) is 6.42 Å². The van der Waals surface area contributed by atoms with Gasteiger partial charge in [-0.25, -0.2) is 0 Å². The van der Waals surface area contributed by atoms with Gasteiger partial charge in [-0.3, -0.25) is 0 Å². The van der Waals surface area contributed by atoms with Crippen LogP contribution >= 0.6 is 23.2 Å². The van der Waals surface area contributed by atoms with E-state index in [1.165, 1.54) is 11.1 Å². The van der Waals surface area contributed by atoms with Gasteiger partial charge in [0.2, 0.25) is 0 Å². The predicted molar refractivity (Wildman–Crippen MR) is 50.4 cm³/mol. The van der Waals surface area contributed by atoms with Crippen molar-refractivity contribution in [3.63, 3.8) is 0 Å². The van der Waals surface area contributed by atoms with Crippen LogP contribution in [-0.2, 0) is 12.3 Å². The number of halogens is 2. The molecule has 0 aliphatic rings. The molecule has 0 heterocycles. The maximum atomic E-state index is 5.72. The van der Waals surface area contributed by atoms with Crippen molar-refractivity contribution in [3.05, 3.63) is 35.4 Å². The summed E-state index contributed by atoms with van der Waals surface area (Å²) in [4.78, 5) is 0. The minimum Gasteiger partial charge on any atom is -0.126 e. The van der Waals surface area contributed by atoms with Crippen LogP contribution in [0.2, 0.25) is 0 Å². The Bertz CT molecular complexity index is 221. The van der Waals surface area contributed by atoms with Crippen molar-refractivity contribution in [1.29, 1.82) is 0 Å².